The van der Waals surface area contributed by atoms with Crippen molar-refractivity contribution in [1.29, 1.82) is 0 Å². The highest BCUT2D eigenvalue weighted by atomic mass is 35.5. The van der Waals surface area contributed by atoms with Crippen molar-refractivity contribution in [2.24, 2.45) is 5.92 Å². The van der Waals surface area contributed by atoms with Gasteiger partial charge in [0.1, 0.15) is 11.5 Å². The summed E-state index contributed by atoms with van der Waals surface area (Å²) in [6.07, 6.45) is 1.07. The first-order valence-corrected chi connectivity index (χ1v) is 8.03. The molecule has 0 radical (unpaired) electrons. The summed E-state index contributed by atoms with van der Waals surface area (Å²) in [5.74, 6) is 2.20. The molecule has 0 saturated carbocycles. The van der Waals surface area contributed by atoms with E-state index in [1.165, 1.54) is 0 Å². The summed E-state index contributed by atoms with van der Waals surface area (Å²) in [5, 5.41) is 3.19. The van der Waals surface area contributed by atoms with Gasteiger partial charge in [-0.05, 0) is 62.3 Å². The Kier molecular flexibility index (Phi) is 6.64. The number of halogens is 1. The second kappa shape index (κ2) is 8.71. The molecule has 0 aliphatic carbocycles. The van der Waals surface area contributed by atoms with E-state index in [9.17, 15) is 4.79 Å². The molecule has 1 heterocycles. The lowest BCUT2D eigenvalue weighted by atomic mass is 10.1. The number of rotatable bonds is 5. The predicted octanol–water partition coefficient (Wildman–Crippen LogP) is 3.58. The molecule has 0 bridgehead atoms. The van der Waals surface area contributed by atoms with E-state index < -0.39 is 0 Å². The standard InChI is InChI=1S/C19H22N2O2.ClH/c1-20-13-15-11-12-21(14-15)19(22)16-7-9-18(10-8-16)23-17-5-3-2-4-6-17;/h2-10,15,20H,11-14H2,1H3;1H. The van der Waals surface area contributed by atoms with Crippen molar-refractivity contribution in [3.63, 3.8) is 0 Å². The number of nitrogens with zero attached hydrogens (tertiary/aromatic N) is 1. The van der Waals surface area contributed by atoms with Crippen molar-refractivity contribution in [2.75, 3.05) is 26.7 Å². The van der Waals surface area contributed by atoms with Crippen molar-refractivity contribution >= 4 is 18.3 Å². The molecular weight excluding hydrogens is 324 g/mol. The normalized spacial score (nSPS) is 16.5. The summed E-state index contributed by atoms with van der Waals surface area (Å²) in [4.78, 5) is 14.5. The number of likely N-dealkylation sites (tertiary alicyclic amines) is 1. The van der Waals surface area contributed by atoms with Crippen molar-refractivity contribution in [1.82, 2.24) is 10.2 Å². The fourth-order valence-corrected chi connectivity index (χ4v) is 2.95. The quantitative estimate of drug-likeness (QED) is 0.899. The summed E-state index contributed by atoms with van der Waals surface area (Å²) in [7, 11) is 1.95. The van der Waals surface area contributed by atoms with Gasteiger partial charge in [0.25, 0.3) is 5.91 Å². The number of carbonyl (C=O) groups excluding carboxylic acids is 1. The van der Waals surface area contributed by atoms with Gasteiger partial charge in [-0.1, -0.05) is 18.2 Å². The number of amides is 1. The number of ether oxygens (including phenoxy) is 1. The Morgan fingerprint density at radius 3 is 2.46 bits per heavy atom. The van der Waals surface area contributed by atoms with E-state index in [1.54, 1.807) is 0 Å². The smallest absolute Gasteiger partial charge is 0.253 e. The van der Waals surface area contributed by atoms with Crippen LogP contribution in [0.2, 0.25) is 0 Å². The summed E-state index contributed by atoms with van der Waals surface area (Å²) in [6.45, 7) is 2.64. The van der Waals surface area contributed by atoms with Gasteiger partial charge in [-0.15, -0.1) is 12.4 Å². The Morgan fingerprint density at radius 2 is 1.79 bits per heavy atom. The van der Waals surface area contributed by atoms with E-state index >= 15 is 0 Å². The van der Waals surface area contributed by atoms with E-state index in [0.29, 0.717) is 5.92 Å². The fraction of sp³-hybridized carbons (Fsp3) is 0.316. The van der Waals surface area contributed by atoms with Gasteiger partial charge >= 0.3 is 0 Å². The maximum atomic E-state index is 12.5. The number of hydrogen-bond acceptors (Lipinski definition) is 3. The van der Waals surface area contributed by atoms with Crippen LogP contribution in [-0.4, -0.2) is 37.5 Å². The minimum absolute atomic E-state index is 0. The van der Waals surface area contributed by atoms with Crippen LogP contribution in [0, 0.1) is 5.92 Å². The molecule has 24 heavy (non-hydrogen) atoms. The Bertz CT molecular complexity index is 646. The van der Waals surface area contributed by atoms with Gasteiger partial charge in [-0.2, -0.15) is 0 Å². The second-order valence-corrected chi connectivity index (χ2v) is 5.90. The van der Waals surface area contributed by atoms with Crippen LogP contribution < -0.4 is 10.1 Å². The average molecular weight is 347 g/mol. The lowest BCUT2D eigenvalue weighted by molar-refractivity contribution is 0.0787. The number of para-hydroxylation sites is 1. The lowest BCUT2D eigenvalue weighted by Crippen LogP contribution is -2.30. The zero-order valence-electron chi connectivity index (χ0n) is 13.8. The van der Waals surface area contributed by atoms with Crippen molar-refractivity contribution in [2.45, 2.75) is 6.42 Å². The lowest BCUT2D eigenvalue weighted by Gasteiger charge is -2.17. The zero-order chi connectivity index (χ0) is 16.1. The monoisotopic (exact) mass is 346 g/mol. The van der Waals surface area contributed by atoms with Crippen LogP contribution in [0.5, 0.6) is 11.5 Å². The molecule has 128 valence electrons. The van der Waals surface area contributed by atoms with Crippen LogP contribution in [0.3, 0.4) is 0 Å². The molecule has 2 aromatic carbocycles. The van der Waals surface area contributed by atoms with Gasteiger partial charge in [0.05, 0.1) is 0 Å². The third-order valence-corrected chi connectivity index (χ3v) is 4.15. The molecule has 1 N–H and O–H groups in total. The van der Waals surface area contributed by atoms with E-state index in [1.807, 2.05) is 66.5 Å². The van der Waals surface area contributed by atoms with Crippen LogP contribution >= 0.6 is 12.4 Å². The molecule has 0 spiro atoms. The van der Waals surface area contributed by atoms with E-state index in [-0.39, 0.29) is 18.3 Å². The first kappa shape index (κ1) is 18.3. The summed E-state index contributed by atoms with van der Waals surface area (Å²) < 4.78 is 5.75. The molecule has 1 aliphatic rings. The van der Waals surface area contributed by atoms with Gasteiger partial charge in [0.2, 0.25) is 0 Å². The summed E-state index contributed by atoms with van der Waals surface area (Å²) >= 11 is 0. The van der Waals surface area contributed by atoms with Crippen molar-refractivity contribution < 1.29 is 9.53 Å². The maximum Gasteiger partial charge on any atom is 0.253 e. The van der Waals surface area contributed by atoms with Gasteiger partial charge in [-0.3, -0.25) is 4.79 Å². The summed E-state index contributed by atoms with van der Waals surface area (Å²) in [6, 6.07) is 17.0. The molecule has 5 heteroatoms. The molecule has 1 aliphatic heterocycles. The highest BCUT2D eigenvalue weighted by Crippen LogP contribution is 2.23. The second-order valence-electron chi connectivity index (χ2n) is 5.90. The van der Waals surface area contributed by atoms with Crippen molar-refractivity contribution in [3.05, 3.63) is 60.2 Å². The number of benzene rings is 2. The molecule has 2 aromatic rings. The Morgan fingerprint density at radius 1 is 1.12 bits per heavy atom. The maximum absolute atomic E-state index is 12.5. The van der Waals surface area contributed by atoms with E-state index in [0.717, 1.165) is 43.1 Å². The Labute approximate surface area is 149 Å². The molecule has 4 nitrogen and oxygen atoms in total. The topological polar surface area (TPSA) is 41.6 Å². The van der Waals surface area contributed by atoms with Gasteiger partial charge < -0.3 is 15.0 Å². The summed E-state index contributed by atoms with van der Waals surface area (Å²) in [5.41, 5.74) is 0.718. The van der Waals surface area contributed by atoms with Gasteiger partial charge in [0.15, 0.2) is 0 Å². The minimum Gasteiger partial charge on any atom is -0.457 e. The number of hydrogen-bond donors (Lipinski definition) is 1. The number of carbonyl (C=O) groups is 1. The molecule has 0 aromatic heterocycles. The molecule has 3 rings (SSSR count). The fourth-order valence-electron chi connectivity index (χ4n) is 2.95. The Hall–Kier alpha value is -2.04. The number of nitrogens with one attached hydrogen (secondary N) is 1. The first-order chi connectivity index (χ1) is 11.3. The van der Waals surface area contributed by atoms with Gasteiger partial charge in [-0.25, -0.2) is 0 Å². The largest absolute Gasteiger partial charge is 0.457 e. The Balaban J connectivity index is 0.00000208. The molecule has 1 atom stereocenters. The van der Waals surface area contributed by atoms with Crippen molar-refractivity contribution in [3.8, 4) is 11.5 Å². The molecule has 1 fully saturated rings. The van der Waals surface area contributed by atoms with E-state index in [4.69, 9.17) is 4.74 Å². The predicted molar refractivity (Wildman–Crippen MR) is 98.1 cm³/mol. The van der Waals surface area contributed by atoms with Gasteiger partial charge in [0, 0.05) is 18.7 Å². The SMILES string of the molecule is CNCC1CCN(C(=O)c2ccc(Oc3ccccc3)cc2)C1.Cl. The highest BCUT2D eigenvalue weighted by molar-refractivity contribution is 5.94. The van der Waals surface area contributed by atoms with Crippen LogP contribution in [0.1, 0.15) is 16.8 Å². The first-order valence-electron chi connectivity index (χ1n) is 8.03. The zero-order valence-corrected chi connectivity index (χ0v) is 14.6. The van der Waals surface area contributed by atoms with E-state index in [2.05, 4.69) is 5.32 Å². The molecule has 1 saturated heterocycles. The van der Waals surface area contributed by atoms with Crippen LogP contribution in [0.15, 0.2) is 54.6 Å². The molecule has 1 amide bonds. The van der Waals surface area contributed by atoms with Crippen LogP contribution in [-0.2, 0) is 0 Å². The third kappa shape index (κ3) is 4.49. The van der Waals surface area contributed by atoms with Crippen LogP contribution in [0.25, 0.3) is 0 Å². The third-order valence-electron chi connectivity index (χ3n) is 4.15. The highest BCUT2D eigenvalue weighted by Gasteiger charge is 2.26. The van der Waals surface area contributed by atoms with Crippen LogP contribution in [0.4, 0.5) is 0 Å². The average Bonchev–Trinajstić information content (AvgIpc) is 3.05. The molecular formula is C19H23ClN2O2. The minimum atomic E-state index is 0. The molecule has 1 unspecified atom stereocenters.